The maximum Gasteiger partial charge on any atom is 0.334 e. The summed E-state index contributed by atoms with van der Waals surface area (Å²) in [5, 5.41) is 0. The van der Waals surface area contributed by atoms with Crippen LogP contribution in [0.2, 0.25) is 0 Å². The third-order valence-corrected chi connectivity index (χ3v) is 8.87. The molecular weight excluding hydrogens is 492 g/mol. The van der Waals surface area contributed by atoms with Gasteiger partial charge < -0.3 is 9.47 Å². The molecule has 0 N–H and O–H groups in total. The Labute approximate surface area is 249 Å². The molecule has 2 heterocycles. The van der Waals surface area contributed by atoms with Gasteiger partial charge in [-0.25, -0.2) is 4.79 Å². The topological polar surface area (TPSA) is 38.8 Å². The Balaban J connectivity index is 1.22. The van der Waals surface area contributed by atoms with Gasteiger partial charge in [0.15, 0.2) is 0 Å². The largest absolute Gasteiger partial charge is 0.455 e. The van der Waals surface area contributed by atoms with E-state index in [0.29, 0.717) is 12.2 Å². The van der Waals surface area contributed by atoms with Crippen LogP contribution in [0.15, 0.2) is 23.8 Å². The summed E-state index contributed by atoms with van der Waals surface area (Å²) in [7, 11) is 0. The van der Waals surface area contributed by atoms with E-state index in [2.05, 4.69) is 19.1 Å². The highest BCUT2D eigenvalue weighted by atomic mass is 16.6. The number of carbonyl (C=O) groups is 1. The first kappa shape index (κ1) is 35.1. The molecule has 3 heteroatoms. The molecule has 0 radical (unpaired) electrons. The zero-order chi connectivity index (χ0) is 28.5. The summed E-state index contributed by atoms with van der Waals surface area (Å²) in [6, 6.07) is 0. The van der Waals surface area contributed by atoms with Gasteiger partial charge in [-0.3, -0.25) is 0 Å². The fraction of sp³-hybridized carbons (Fsp3) is 0.865. The van der Waals surface area contributed by atoms with E-state index in [1.807, 2.05) is 13.0 Å². The van der Waals surface area contributed by atoms with E-state index in [1.165, 1.54) is 161 Å². The lowest BCUT2D eigenvalue weighted by Gasteiger charge is -2.03. The molecule has 2 rings (SSSR count). The predicted octanol–water partition coefficient (Wildman–Crippen LogP) is 11.7. The zero-order valence-electron chi connectivity index (χ0n) is 26.8. The summed E-state index contributed by atoms with van der Waals surface area (Å²) < 4.78 is 11.1. The molecule has 0 bridgehead atoms. The van der Waals surface area contributed by atoms with Gasteiger partial charge in [0.2, 0.25) is 0 Å². The Morgan fingerprint density at radius 2 is 1.07 bits per heavy atom. The lowest BCUT2D eigenvalue weighted by Crippen LogP contribution is -2.03. The van der Waals surface area contributed by atoms with Crippen molar-refractivity contribution in [2.45, 2.75) is 206 Å². The zero-order valence-corrected chi connectivity index (χ0v) is 26.8. The first-order valence-corrected chi connectivity index (χ1v) is 17.9. The number of cyclic esters (lactones) is 1. The molecule has 1 saturated heterocycles. The van der Waals surface area contributed by atoms with Crippen LogP contribution in [-0.4, -0.2) is 24.3 Å². The monoisotopic (exact) mass is 559 g/mol. The molecule has 232 valence electrons. The van der Waals surface area contributed by atoms with E-state index in [4.69, 9.17) is 9.47 Å². The average molecular weight is 559 g/mol. The highest BCUT2D eigenvalue weighted by Gasteiger charge is 2.36. The fourth-order valence-corrected chi connectivity index (χ4v) is 6.18. The van der Waals surface area contributed by atoms with Crippen LogP contribution in [0.25, 0.3) is 0 Å². The van der Waals surface area contributed by atoms with Crippen LogP contribution in [0.5, 0.6) is 0 Å². The van der Waals surface area contributed by atoms with Gasteiger partial charge in [-0.2, -0.15) is 0 Å². The van der Waals surface area contributed by atoms with Gasteiger partial charge in [-0.1, -0.05) is 147 Å². The molecule has 3 nitrogen and oxygen atoms in total. The molecule has 2 aliphatic rings. The van der Waals surface area contributed by atoms with Crippen molar-refractivity contribution in [2.24, 2.45) is 0 Å². The van der Waals surface area contributed by atoms with Crippen LogP contribution in [0.1, 0.15) is 187 Å². The van der Waals surface area contributed by atoms with Crippen LogP contribution < -0.4 is 0 Å². The summed E-state index contributed by atoms with van der Waals surface area (Å²) in [4.78, 5) is 11.6. The average Bonchev–Trinajstić information content (AvgIpc) is 3.61. The molecule has 0 unspecified atom stereocenters. The van der Waals surface area contributed by atoms with E-state index >= 15 is 0 Å². The minimum absolute atomic E-state index is 0.0199. The van der Waals surface area contributed by atoms with Gasteiger partial charge in [0.25, 0.3) is 0 Å². The van der Waals surface area contributed by atoms with E-state index in [-0.39, 0.29) is 12.1 Å². The summed E-state index contributed by atoms with van der Waals surface area (Å²) >= 11 is 0. The lowest BCUT2D eigenvalue weighted by atomic mass is 10.0. The molecule has 0 amide bonds. The van der Waals surface area contributed by atoms with Crippen LogP contribution in [-0.2, 0) is 14.3 Å². The number of epoxide rings is 1. The Morgan fingerprint density at radius 1 is 0.600 bits per heavy atom. The van der Waals surface area contributed by atoms with Gasteiger partial charge in [0, 0.05) is 5.57 Å². The van der Waals surface area contributed by atoms with E-state index in [9.17, 15) is 4.79 Å². The van der Waals surface area contributed by atoms with Crippen LogP contribution in [0.3, 0.4) is 0 Å². The van der Waals surface area contributed by atoms with Gasteiger partial charge in [0.05, 0.1) is 12.2 Å². The number of rotatable bonds is 29. The summed E-state index contributed by atoms with van der Waals surface area (Å²) in [5.74, 6) is -0.0920. The predicted molar refractivity (Wildman–Crippen MR) is 172 cm³/mol. The van der Waals surface area contributed by atoms with E-state index < -0.39 is 0 Å². The molecule has 0 aromatic rings. The van der Waals surface area contributed by atoms with Crippen LogP contribution >= 0.6 is 0 Å². The second-order valence-corrected chi connectivity index (χ2v) is 12.8. The number of hydrogen-bond donors (Lipinski definition) is 0. The minimum Gasteiger partial charge on any atom is -0.455 e. The third kappa shape index (κ3) is 19.1. The molecule has 1 fully saturated rings. The van der Waals surface area contributed by atoms with Crippen LogP contribution in [0.4, 0.5) is 0 Å². The lowest BCUT2D eigenvalue weighted by molar-refractivity contribution is -0.139. The van der Waals surface area contributed by atoms with E-state index in [1.54, 1.807) is 0 Å². The Bertz CT molecular complexity index is 666. The Hall–Kier alpha value is -1.09. The highest BCUT2D eigenvalue weighted by Crippen LogP contribution is 2.31. The normalized spacial score (nSPS) is 20.4. The first-order chi connectivity index (χ1) is 19.7. The SMILES string of the molecule is CCCCCCCCCCCC/C=C/CC[C@@H]1O[C@H]1CCCCCCCCCCCCCCC1=C[C@H](C)OC1=O. The number of allylic oxidation sites excluding steroid dienone is 2. The Morgan fingerprint density at radius 3 is 1.62 bits per heavy atom. The molecular formula is C37H66O3. The van der Waals surface area contributed by atoms with Gasteiger partial charge in [0.1, 0.15) is 6.10 Å². The number of hydrogen-bond acceptors (Lipinski definition) is 3. The van der Waals surface area contributed by atoms with Crippen molar-refractivity contribution >= 4 is 5.97 Å². The van der Waals surface area contributed by atoms with Crippen molar-refractivity contribution < 1.29 is 14.3 Å². The first-order valence-electron chi connectivity index (χ1n) is 17.9. The summed E-state index contributed by atoms with van der Waals surface area (Å²) in [6.07, 6.45) is 44.1. The molecule has 40 heavy (non-hydrogen) atoms. The quantitative estimate of drug-likeness (QED) is 0.0396. The molecule has 3 atom stereocenters. The molecule has 0 aromatic heterocycles. The molecule has 2 aliphatic heterocycles. The minimum atomic E-state index is -0.0920. The molecule has 0 aromatic carbocycles. The maximum absolute atomic E-state index is 11.6. The van der Waals surface area contributed by atoms with Crippen molar-refractivity contribution in [2.75, 3.05) is 0 Å². The van der Waals surface area contributed by atoms with Crippen molar-refractivity contribution in [3.05, 3.63) is 23.8 Å². The van der Waals surface area contributed by atoms with Crippen molar-refractivity contribution in [3.63, 3.8) is 0 Å². The van der Waals surface area contributed by atoms with E-state index in [0.717, 1.165) is 18.4 Å². The smallest absolute Gasteiger partial charge is 0.334 e. The maximum atomic E-state index is 11.6. The van der Waals surface area contributed by atoms with Gasteiger partial charge >= 0.3 is 5.97 Å². The summed E-state index contributed by atoms with van der Waals surface area (Å²) in [6.45, 7) is 4.23. The highest BCUT2D eigenvalue weighted by molar-refractivity contribution is 5.90. The number of ether oxygens (including phenoxy) is 2. The van der Waals surface area contributed by atoms with Gasteiger partial charge in [-0.05, 0) is 57.9 Å². The van der Waals surface area contributed by atoms with Crippen LogP contribution in [0, 0.1) is 0 Å². The number of unbranched alkanes of at least 4 members (excludes halogenated alkanes) is 21. The third-order valence-electron chi connectivity index (χ3n) is 8.87. The summed E-state index contributed by atoms with van der Waals surface area (Å²) in [5.41, 5.74) is 0.898. The fourth-order valence-electron chi connectivity index (χ4n) is 6.18. The number of esters is 1. The molecule has 0 spiro atoms. The second-order valence-electron chi connectivity index (χ2n) is 12.8. The second kappa shape index (κ2) is 24.5. The van der Waals surface area contributed by atoms with Crippen molar-refractivity contribution in [1.29, 1.82) is 0 Å². The number of carbonyl (C=O) groups excluding carboxylic acids is 1. The molecule has 0 saturated carbocycles. The standard InChI is InChI=1S/C37H66O3/c1-3-4-5-6-7-8-9-10-11-15-18-21-24-27-30-35-36(40-35)31-28-25-22-19-16-13-12-14-17-20-23-26-29-34-32-33(2)39-37(34)38/h21,24,32-33,35-36H,3-20,22-23,25-31H2,1-2H3/b24-21+/t33-,35-,36-/m0/s1. The molecule has 0 aliphatic carbocycles. The van der Waals surface area contributed by atoms with Gasteiger partial charge in [-0.15, -0.1) is 0 Å². The van der Waals surface area contributed by atoms with Crippen molar-refractivity contribution in [1.82, 2.24) is 0 Å². The Kier molecular flexibility index (Phi) is 21.5. The van der Waals surface area contributed by atoms with Crippen molar-refractivity contribution in [3.8, 4) is 0 Å².